The number of hydrogen-bond donors (Lipinski definition) is 1. The number of sulfone groups is 1. The van der Waals surface area contributed by atoms with Crippen molar-refractivity contribution in [3.8, 4) is 0 Å². The lowest BCUT2D eigenvalue weighted by atomic mass is 9.93. The highest BCUT2D eigenvalue weighted by atomic mass is 35.5. The number of hydroxylamine groups is 3. The van der Waals surface area contributed by atoms with E-state index in [1.54, 1.807) is 38.5 Å². The molecule has 0 radical (unpaired) electrons. The standard InChI is InChI=1S/C24H29ClN4O6S/c1-17-4-3-5-20(25)22(17)36(32,33)16-21-27-23(34-24(30)31)35-29(21,2)15-10-18-8-13-28(14-9-18)19-6-11-26-12-7-19/h3-7,11-12,18,23H,8-10,13-16H2,1-2H3/p+1. The third kappa shape index (κ3) is 5.97. The monoisotopic (exact) mass is 537 g/mol. The summed E-state index contributed by atoms with van der Waals surface area (Å²) in [6, 6.07) is 8.88. The fourth-order valence-electron chi connectivity index (χ4n) is 4.73. The van der Waals surface area contributed by atoms with Crippen LogP contribution in [0.1, 0.15) is 24.8 Å². The number of pyridine rings is 1. The van der Waals surface area contributed by atoms with Crippen LogP contribution in [-0.4, -0.2) is 74.0 Å². The number of hydrogen-bond acceptors (Lipinski definition) is 8. The van der Waals surface area contributed by atoms with Crippen LogP contribution in [0.4, 0.5) is 10.5 Å². The fraction of sp³-hybridized carbons (Fsp3) is 0.458. The van der Waals surface area contributed by atoms with Gasteiger partial charge in [0.2, 0.25) is 0 Å². The summed E-state index contributed by atoms with van der Waals surface area (Å²) in [5.74, 6) is 0.119. The Bertz CT molecular complexity index is 1210. The van der Waals surface area contributed by atoms with Crippen LogP contribution in [0.15, 0.2) is 52.6 Å². The minimum Gasteiger partial charge on any atom is -0.450 e. The molecule has 12 heteroatoms. The van der Waals surface area contributed by atoms with Gasteiger partial charge in [-0.2, -0.15) is 4.99 Å². The zero-order chi connectivity index (χ0) is 25.9. The molecule has 0 saturated carbocycles. The number of anilines is 1. The Balaban J connectivity index is 1.46. The molecule has 2 aliphatic rings. The van der Waals surface area contributed by atoms with E-state index in [4.69, 9.17) is 26.3 Å². The molecule has 2 atom stereocenters. The van der Waals surface area contributed by atoms with Gasteiger partial charge in [0.15, 0.2) is 15.6 Å². The number of quaternary nitrogens is 1. The number of aliphatic imine (C=N–C) groups is 1. The van der Waals surface area contributed by atoms with E-state index in [1.165, 1.54) is 6.07 Å². The van der Waals surface area contributed by atoms with Crippen molar-refractivity contribution < 1.29 is 32.5 Å². The molecule has 2 unspecified atom stereocenters. The molecule has 10 nitrogen and oxygen atoms in total. The van der Waals surface area contributed by atoms with E-state index in [1.807, 2.05) is 12.1 Å². The molecule has 1 fully saturated rings. The van der Waals surface area contributed by atoms with E-state index >= 15 is 0 Å². The number of ether oxygens (including phenoxy) is 1. The zero-order valence-electron chi connectivity index (χ0n) is 20.2. The van der Waals surface area contributed by atoms with Gasteiger partial charge in [0.05, 0.1) is 9.92 Å². The molecule has 1 aromatic heterocycles. The van der Waals surface area contributed by atoms with Gasteiger partial charge in [0, 0.05) is 37.6 Å². The molecular weight excluding hydrogens is 508 g/mol. The number of aryl methyl sites for hydroxylation is 1. The van der Waals surface area contributed by atoms with Crippen LogP contribution >= 0.6 is 11.6 Å². The summed E-state index contributed by atoms with van der Waals surface area (Å²) in [4.78, 5) is 27.5. The lowest BCUT2D eigenvalue weighted by Gasteiger charge is -2.35. The second-order valence-electron chi connectivity index (χ2n) is 9.24. The summed E-state index contributed by atoms with van der Waals surface area (Å²) in [5, 5.41) is 9.17. The number of rotatable bonds is 8. The number of carboxylic acid groups (broad SMARTS) is 1. The van der Waals surface area contributed by atoms with Gasteiger partial charge >= 0.3 is 12.6 Å². The molecule has 2 aromatic rings. The summed E-state index contributed by atoms with van der Waals surface area (Å²) in [7, 11) is -2.20. The van der Waals surface area contributed by atoms with E-state index in [0.29, 0.717) is 18.0 Å². The van der Waals surface area contributed by atoms with Gasteiger partial charge in [-0.3, -0.25) is 4.98 Å². The first-order valence-corrected chi connectivity index (χ1v) is 13.7. The molecule has 2 aliphatic heterocycles. The quantitative estimate of drug-likeness (QED) is 0.398. The maximum atomic E-state index is 13.3. The summed E-state index contributed by atoms with van der Waals surface area (Å²) >= 11 is 6.22. The third-order valence-corrected chi connectivity index (χ3v) is 8.95. The first kappa shape index (κ1) is 26.3. The Morgan fingerprint density at radius 1 is 1.25 bits per heavy atom. The third-order valence-electron chi connectivity index (χ3n) is 6.73. The van der Waals surface area contributed by atoms with Crippen LogP contribution in [0.3, 0.4) is 0 Å². The van der Waals surface area contributed by atoms with Crippen molar-refractivity contribution in [1.82, 2.24) is 4.98 Å². The minimum atomic E-state index is -3.88. The summed E-state index contributed by atoms with van der Waals surface area (Å²) in [6.45, 7) is 3.92. The summed E-state index contributed by atoms with van der Waals surface area (Å²) in [6.07, 6.45) is 3.29. The van der Waals surface area contributed by atoms with Gasteiger partial charge in [0.1, 0.15) is 13.6 Å². The lowest BCUT2D eigenvalue weighted by molar-refractivity contribution is -1.02. The van der Waals surface area contributed by atoms with Crippen LogP contribution < -0.4 is 4.90 Å². The van der Waals surface area contributed by atoms with Gasteiger partial charge in [-0.25, -0.2) is 13.2 Å². The molecule has 1 N–H and O–H groups in total. The number of benzene rings is 1. The lowest BCUT2D eigenvalue weighted by Crippen LogP contribution is -2.50. The van der Waals surface area contributed by atoms with Gasteiger partial charge in [0.25, 0.3) is 5.84 Å². The van der Waals surface area contributed by atoms with E-state index in [9.17, 15) is 13.2 Å². The average Bonchev–Trinajstić information content (AvgIpc) is 3.11. The molecule has 194 valence electrons. The molecule has 0 amide bonds. The van der Waals surface area contributed by atoms with Crippen molar-refractivity contribution in [1.29, 1.82) is 0 Å². The Hall–Kier alpha value is -2.73. The van der Waals surface area contributed by atoms with Gasteiger partial charge in [-0.05, 0) is 49.4 Å². The number of nitrogens with zero attached hydrogens (tertiary/aromatic N) is 4. The molecule has 1 aromatic carbocycles. The molecule has 1 saturated heterocycles. The second-order valence-corrected chi connectivity index (χ2v) is 11.6. The van der Waals surface area contributed by atoms with Crippen molar-refractivity contribution >= 4 is 39.1 Å². The van der Waals surface area contributed by atoms with E-state index in [2.05, 4.69) is 14.9 Å². The van der Waals surface area contributed by atoms with Crippen molar-refractivity contribution in [2.75, 3.05) is 37.3 Å². The number of halogens is 1. The Kier molecular flexibility index (Phi) is 7.84. The van der Waals surface area contributed by atoms with Crippen LogP contribution in [0.5, 0.6) is 0 Å². The van der Waals surface area contributed by atoms with Crippen molar-refractivity contribution in [2.24, 2.45) is 10.9 Å². The van der Waals surface area contributed by atoms with Crippen molar-refractivity contribution in [2.45, 2.75) is 37.5 Å². The van der Waals surface area contributed by atoms with Gasteiger partial charge in [-0.1, -0.05) is 23.7 Å². The maximum absolute atomic E-state index is 13.3. The highest BCUT2D eigenvalue weighted by Gasteiger charge is 2.46. The second kappa shape index (κ2) is 10.7. The Morgan fingerprint density at radius 2 is 1.94 bits per heavy atom. The first-order chi connectivity index (χ1) is 17.1. The minimum absolute atomic E-state index is 0.0343. The number of aromatic nitrogens is 1. The van der Waals surface area contributed by atoms with Crippen LogP contribution in [0.25, 0.3) is 0 Å². The normalized spacial score (nSPS) is 22.9. The van der Waals surface area contributed by atoms with Crippen molar-refractivity contribution in [3.63, 3.8) is 0 Å². The number of amidine groups is 1. The number of carbonyl (C=O) groups is 1. The van der Waals surface area contributed by atoms with Crippen LogP contribution in [0.2, 0.25) is 5.02 Å². The largest absolute Gasteiger partial charge is 0.509 e. The predicted octanol–water partition coefficient (Wildman–Crippen LogP) is 3.89. The topological polar surface area (TPSA) is 118 Å². The van der Waals surface area contributed by atoms with E-state index in [-0.39, 0.29) is 20.4 Å². The van der Waals surface area contributed by atoms with Crippen LogP contribution in [0, 0.1) is 12.8 Å². The smallest absolute Gasteiger partial charge is 0.450 e. The molecule has 4 rings (SSSR count). The molecule has 36 heavy (non-hydrogen) atoms. The fourth-order valence-corrected chi connectivity index (χ4v) is 7.06. The van der Waals surface area contributed by atoms with Gasteiger partial charge < -0.3 is 14.7 Å². The predicted molar refractivity (Wildman–Crippen MR) is 135 cm³/mol. The molecule has 3 heterocycles. The highest BCUT2D eigenvalue weighted by Crippen LogP contribution is 2.31. The Morgan fingerprint density at radius 3 is 2.58 bits per heavy atom. The molecule has 0 bridgehead atoms. The molecule has 0 spiro atoms. The average molecular weight is 538 g/mol. The zero-order valence-corrected chi connectivity index (χ0v) is 21.8. The summed E-state index contributed by atoms with van der Waals surface area (Å²) < 4.78 is 31.1. The SMILES string of the molecule is Cc1cccc(Cl)c1S(=O)(=O)CC1=NC(OC(=O)O)O[N+]1(C)CCC1CCN(c2ccncc2)CC1. The Labute approximate surface area is 215 Å². The maximum Gasteiger partial charge on any atom is 0.509 e. The van der Waals surface area contributed by atoms with E-state index in [0.717, 1.165) is 38.0 Å². The van der Waals surface area contributed by atoms with Gasteiger partial charge in [-0.15, -0.1) is 9.48 Å². The molecular formula is C24H30ClN4O6S+. The van der Waals surface area contributed by atoms with E-state index < -0.39 is 28.2 Å². The molecule has 0 aliphatic carbocycles. The highest BCUT2D eigenvalue weighted by molar-refractivity contribution is 7.92. The summed E-state index contributed by atoms with van der Waals surface area (Å²) in [5.41, 5.74) is 1.67. The number of piperidine rings is 1. The van der Waals surface area contributed by atoms with Crippen molar-refractivity contribution in [3.05, 3.63) is 53.3 Å². The first-order valence-electron chi connectivity index (χ1n) is 11.7. The van der Waals surface area contributed by atoms with Crippen LogP contribution in [-0.2, 0) is 19.4 Å².